The van der Waals surface area contributed by atoms with Gasteiger partial charge in [-0.15, -0.1) is 0 Å². The van der Waals surface area contributed by atoms with Crippen molar-refractivity contribution in [1.82, 2.24) is 9.97 Å². The fourth-order valence-corrected chi connectivity index (χ4v) is 2.20. The smallest absolute Gasteiger partial charge is 0.353 e. The van der Waals surface area contributed by atoms with E-state index < -0.39 is 4.92 Å². The third-order valence-corrected chi connectivity index (χ3v) is 3.19. The van der Waals surface area contributed by atoms with Crippen molar-refractivity contribution < 1.29 is 9.66 Å². The van der Waals surface area contributed by atoms with Crippen molar-refractivity contribution in [2.75, 3.05) is 37.0 Å². The normalized spacial score (nSPS) is 19.3. The zero-order valence-electron chi connectivity index (χ0n) is 11.0. The fourth-order valence-electron chi connectivity index (χ4n) is 2.20. The van der Waals surface area contributed by atoms with E-state index in [9.17, 15) is 10.1 Å². The summed E-state index contributed by atoms with van der Waals surface area (Å²) in [5, 5.41) is 14.0. The van der Waals surface area contributed by atoms with E-state index >= 15 is 0 Å². The van der Waals surface area contributed by atoms with Gasteiger partial charge in [-0.3, -0.25) is 10.1 Å². The molecule has 0 amide bonds. The molecule has 2 heterocycles. The van der Waals surface area contributed by atoms with Crippen LogP contribution in [0.2, 0.25) is 0 Å². The fraction of sp³-hybridized carbons (Fsp3) is 0.636. The highest BCUT2D eigenvalue weighted by atomic mass is 16.6. The molecule has 8 heteroatoms. The molecule has 19 heavy (non-hydrogen) atoms. The number of nitrogens with one attached hydrogen (secondary N) is 1. The van der Waals surface area contributed by atoms with Crippen LogP contribution >= 0.6 is 0 Å². The lowest BCUT2D eigenvalue weighted by atomic mass is 10.1. The van der Waals surface area contributed by atoms with E-state index in [0.717, 1.165) is 6.42 Å². The number of anilines is 2. The molecular weight excluding hydrogens is 250 g/mol. The SMILES string of the molecule is CCC1COCCN1c1ncnc(NC)c1[N+](=O)[O-]. The van der Waals surface area contributed by atoms with Crippen LogP contribution in [0.4, 0.5) is 17.3 Å². The van der Waals surface area contributed by atoms with Crippen molar-refractivity contribution in [3.05, 3.63) is 16.4 Å². The second-order valence-electron chi connectivity index (χ2n) is 4.23. The topological polar surface area (TPSA) is 93.4 Å². The van der Waals surface area contributed by atoms with Gasteiger partial charge in [0.15, 0.2) is 0 Å². The molecule has 1 unspecified atom stereocenters. The van der Waals surface area contributed by atoms with Crippen LogP contribution in [0.3, 0.4) is 0 Å². The summed E-state index contributed by atoms with van der Waals surface area (Å²) in [6.07, 6.45) is 2.19. The van der Waals surface area contributed by atoms with Crippen molar-refractivity contribution in [3.63, 3.8) is 0 Å². The number of hydrogen-bond donors (Lipinski definition) is 1. The second kappa shape index (κ2) is 5.79. The molecule has 1 aliphatic heterocycles. The molecule has 0 aliphatic carbocycles. The molecule has 1 N–H and O–H groups in total. The lowest BCUT2D eigenvalue weighted by Gasteiger charge is -2.35. The van der Waals surface area contributed by atoms with Crippen molar-refractivity contribution >= 4 is 17.3 Å². The first-order chi connectivity index (χ1) is 9.19. The predicted octanol–water partition coefficient (Wildman–Crippen LogP) is 1.04. The molecule has 0 radical (unpaired) electrons. The zero-order chi connectivity index (χ0) is 13.8. The average molecular weight is 267 g/mol. The van der Waals surface area contributed by atoms with E-state index in [1.54, 1.807) is 7.05 Å². The van der Waals surface area contributed by atoms with Crippen LogP contribution in [-0.2, 0) is 4.74 Å². The van der Waals surface area contributed by atoms with Crippen molar-refractivity contribution in [2.45, 2.75) is 19.4 Å². The Morgan fingerprint density at radius 1 is 1.63 bits per heavy atom. The van der Waals surface area contributed by atoms with E-state index in [1.807, 2.05) is 11.8 Å². The molecule has 1 fully saturated rings. The number of aromatic nitrogens is 2. The minimum Gasteiger partial charge on any atom is -0.377 e. The van der Waals surface area contributed by atoms with Gasteiger partial charge in [0.2, 0.25) is 11.6 Å². The Bertz CT molecular complexity index is 468. The summed E-state index contributed by atoms with van der Waals surface area (Å²) in [7, 11) is 1.61. The van der Waals surface area contributed by atoms with Crippen LogP contribution in [0.25, 0.3) is 0 Å². The minimum absolute atomic E-state index is 0.0784. The van der Waals surface area contributed by atoms with Crippen LogP contribution in [0.1, 0.15) is 13.3 Å². The van der Waals surface area contributed by atoms with E-state index in [-0.39, 0.29) is 17.5 Å². The van der Waals surface area contributed by atoms with Gasteiger partial charge < -0.3 is 15.0 Å². The molecule has 0 saturated carbocycles. The lowest BCUT2D eigenvalue weighted by molar-refractivity contribution is -0.383. The number of nitro groups is 1. The summed E-state index contributed by atoms with van der Waals surface area (Å²) in [4.78, 5) is 20.8. The van der Waals surface area contributed by atoms with Crippen LogP contribution in [-0.4, -0.2) is 47.7 Å². The summed E-state index contributed by atoms with van der Waals surface area (Å²) in [6, 6.07) is 0.104. The van der Waals surface area contributed by atoms with Crippen molar-refractivity contribution in [3.8, 4) is 0 Å². The summed E-state index contributed by atoms with van der Waals surface area (Å²) in [5.74, 6) is 0.593. The summed E-state index contributed by atoms with van der Waals surface area (Å²) < 4.78 is 5.41. The van der Waals surface area contributed by atoms with E-state index in [4.69, 9.17) is 4.74 Å². The molecule has 1 saturated heterocycles. The van der Waals surface area contributed by atoms with Gasteiger partial charge in [-0.05, 0) is 6.42 Å². The maximum Gasteiger partial charge on any atom is 0.353 e. The molecule has 1 aliphatic rings. The molecule has 8 nitrogen and oxygen atoms in total. The van der Waals surface area contributed by atoms with Crippen molar-refractivity contribution in [1.29, 1.82) is 0 Å². The summed E-state index contributed by atoms with van der Waals surface area (Å²) in [5.41, 5.74) is -0.0784. The van der Waals surface area contributed by atoms with Gasteiger partial charge in [-0.1, -0.05) is 6.92 Å². The van der Waals surface area contributed by atoms with Crippen LogP contribution in [0.5, 0.6) is 0 Å². The first kappa shape index (κ1) is 13.5. The Labute approximate surface area is 110 Å². The Balaban J connectivity index is 2.45. The van der Waals surface area contributed by atoms with Gasteiger partial charge in [0.25, 0.3) is 0 Å². The third-order valence-electron chi connectivity index (χ3n) is 3.19. The number of morpholine rings is 1. The van der Waals surface area contributed by atoms with Gasteiger partial charge in [0.05, 0.1) is 24.2 Å². The minimum atomic E-state index is -0.441. The molecule has 1 aromatic heterocycles. The Morgan fingerprint density at radius 2 is 2.42 bits per heavy atom. The highest BCUT2D eigenvalue weighted by Crippen LogP contribution is 2.33. The third kappa shape index (κ3) is 2.58. The van der Waals surface area contributed by atoms with Gasteiger partial charge in [0, 0.05) is 13.6 Å². The number of hydrogen-bond acceptors (Lipinski definition) is 7. The van der Waals surface area contributed by atoms with Crippen LogP contribution in [0, 0.1) is 10.1 Å². The van der Waals surface area contributed by atoms with E-state index in [2.05, 4.69) is 15.3 Å². The first-order valence-corrected chi connectivity index (χ1v) is 6.20. The Morgan fingerprint density at radius 3 is 3.05 bits per heavy atom. The lowest BCUT2D eigenvalue weighted by Crippen LogP contribution is -2.46. The Kier molecular flexibility index (Phi) is 4.10. The zero-order valence-corrected chi connectivity index (χ0v) is 11.0. The van der Waals surface area contributed by atoms with E-state index in [0.29, 0.717) is 25.6 Å². The second-order valence-corrected chi connectivity index (χ2v) is 4.23. The standard InChI is InChI=1S/C11H17N5O3/c1-3-8-6-19-5-4-15(8)11-9(16(17)18)10(12-2)13-7-14-11/h7-8H,3-6H2,1-2H3,(H,12,13,14). The van der Waals surface area contributed by atoms with Gasteiger partial charge >= 0.3 is 5.69 Å². The quantitative estimate of drug-likeness (QED) is 0.643. The van der Waals surface area contributed by atoms with Crippen LogP contribution in [0.15, 0.2) is 6.33 Å². The van der Waals surface area contributed by atoms with Crippen LogP contribution < -0.4 is 10.2 Å². The van der Waals surface area contributed by atoms with Gasteiger partial charge in [0.1, 0.15) is 6.33 Å². The summed E-state index contributed by atoms with van der Waals surface area (Å²) >= 11 is 0. The van der Waals surface area contributed by atoms with Crippen molar-refractivity contribution in [2.24, 2.45) is 0 Å². The number of nitrogens with zero attached hydrogens (tertiary/aromatic N) is 4. The largest absolute Gasteiger partial charge is 0.377 e. The molecule has 1 atom stereocenters. The maximum atomic E-state index is 11.3. The highest BCUT2D eigenvalue weighted by Gasteiger charge is 2.31. The molecule has 1 aromatic rings. The number of ether oxygens (including phenoxy) is 1. The Hall–Kier alpha value is -1.96. The van der Waals surface area contributed by atoms with Gasteiger partial charge in [-0.25, -0.2) is 9.97 Å². The molecule has 2 rings (SSSR count). The monoisotopic (exact) mass is 267 g/mol. The highest BCUT2D eigenvalue weighted by molar-refractivity contribution is 5.70. The maximum absolute atomic E-state index is 11.3. The number of rotatable bonds is 4. The predicted molar refractivity (Wildman–Crippen MR) is 70.5 cm³/mol. The molecule has 0 bridgehead atoms. The molecular formula is C11H17N5O3. The molecule has 0 aromatic carbocycles. The van der Waals surface area contributed by atoms with Gasteiger partial charge in [-0.2, -0.15) is 0 Å². The summed E-state index contributed by atoms with van der Waals surface area (Å²) in [6.45, 7) is 3.73. The first-order valence-electron chi connectivity index (χ1n) is 6.20. The van der Waals surface area contributed by atoms with E-state index in [1.165, 1.54) is 6.33 Å². The average Bonchev–Trinajstić information content (AvgIpc) is 2.46. The molecule has 0 spiro atoms. The molecule has 104 valence electrons.